The molecule has 1 atom stereocenters. The third-order valence-electron chi connectivity index (χ3n) is 4.97. The summed E-state index contributed by atoms with van der Waals surface area (Å²) in [6, 6.07) is 11.9. The van der Waals surface area contributed by atoms with Crippen LogP contribution in [0.25, 0.3) is 5.76 Å². The van der Waals surface area contributed by atoms with Crippen LogP contribution in [0.5, 0.6) is 0 Å². The van der Waals surface area contributed by atoms with E-state index in [9.17, 15) is 14.7 Å². The molecule has 1 fully saturated rings. The largest absolute Gasteiger partial charge is 0.507 e. The summed E-state index contributed by atoms with van der Waals surface area (Å²) in [7, 11) is 0. The molecule has 0 saturated carbocycles. The summed E-state index contributed by atoms with van der Waals surface area (Å²) in [6.45, 7) is 6.30. The molecule has 1 aliphatic rings. The van der Waals surface area contributed by atoms with Crippen molar-refractivity contribution in [3.63, 3.8) is 0 Å². The second-order valence-corrected chi connectivity index (χ2v) is 7.28. The van der Waals surface area contributed by atoms with Crippen molar-refractivity contribution in [2.45, 2.75) is 33.2 Å². The minimum Gasteiger partial charge on any atom is -0.507 e. The number of likely N-dealkylation sites (tertiary alicyclic amines) is 1. The molecule has 5 heteroatoms. The van der Waals surface area contributed by atoms with Crippen molar-refractivity contribution in [3.05, 3.63) is 75.3 Å². The van der Waals surface area contributed by atoms with Gasteiger partial charge in [0.2, 0.25) is 0 Å². The number of aliphatic hydroxyl groups excluding tert-OH is 1. The number of ketones is 1. The summed E-state index contributed by atoms with van der Waals surface area (Å²) in [5.41, 5.74) is 3.50. The van der Waals surface area contributed by atoms with Crippen molar-refractivity contribution in [1.29, 1.82) is 0 Å². The zero-order valence-corrected chi connectivity index (χ0v) is 16.4. The molecular formula is C22H22ClNO3. The lowest BCUT2D eigenvalue weighted by Gasteiger charge is -2.25. The highest BCUT2D eigenvalue weighted by atomic mass is 35.5. The third-order valence-corrected chi connectivity index (χ3v) is 5.22. The zero-order chi connectivity index (χ0) is 19.7. The second-order valence-electron chi connectivity index (χ2n) is 6.84. The number of carbonyl (C=O) groups is 2. The number of Topliss-reactive ketones (excluding diaryl/α,β-unsaturated/α-hetero) is 1. The minimum absolute atomic E-state index is 0.124. The molecule has 1 heterocycles. The molecule has 3 rings (SSSR count). The van der Waals surface area contributed by atoms with Gasteiger partial charge in [-0.1, -0.05) is 42.8 Å². The van der Waals surface area contributed by atoms with Crippen LogP contribution in [-0.4, -0.2) is 28.2 Å². The summed E-state index contributed by atoms with van der Waals surface area (Å²) in [4.78, 5) is 26.9. The van der Waals surface area contributed by atoms with Crippen molar-refractivity contribution in [3.8, 4) is 0 Å². The summed E-state index contributed by atoms with van der Waals surface area (Å²) in [5, 5.41) is 11.5. The van der Waals surface area contributed by atoms with Gasteiger partial charge in [-0.2, -0.15) is 0 Å². The quantitative estimate of drug-likeness (QED) is 0.469. The highest BCUT2D eigenvalue weighted by molar-refractivity contribution is 6.46. The van der Waals surface area contributed by atoms with Crippen LogP contribution in [0.15, 0.2) is 48.0 Å². The number of benzene rings is 2. The number of aryl methyl sites for hydroxylation is 2. The van der Waals surface area contributed by atoms with E-state index in [1.165, 1.54) is 4.90 Å². The topological polar surface area (TPSA) is 57.6 Å². The van der Waals surface area contributed by atoms with E-state index in [2.05, 4.69) is 0 Å². The smallest absolute Gasteiger partial charge is 0.295 e. The Hall–Kier alpha value is -2.59. The van der Waals surface area contributed by atoms with E-state index in [4.69, 9.17) is 11.6 Å². The van der Waals surface area contributed by atoms with Crippen molar-refractivity contribution < 1.29 is 14.7 Å². The standard InChI is InChI=1S/C22H22ClNO3/c1-4-11-24-19(15-7-9-17(23)10-8-15)18(21(26)22(24)27)20(25)16-6-5-13(2)14(3)12-16/h5-10,12,19,25H,4,11H2,1-3H3/b20-18-. The molecular weight excluding hydrogens is 362 g/mol. The Balaban J connectivity index is 2.19. The average molecular weight is 384 g/mol. The van der Waals surface area contributed by atoms with Crippen LogP contribution < -0.4 is 0 Å². The number of hydrogen-bond donors (Lipinski definition) is 1. The van der Waals surface area contributed by atoms with E-state index >= 15 is 0 Å². The SMILES string of the molecule is CCCN1C(=O)C(=O)/C(=C(\O)c2ccc(C)c(C)c2)C1c1ccc(Cl)cc1. The maximum Gasteiger partial charge on any atom is 0.295 e. The van der Waals surface area contributed by atoms with Gasteiger partial charge in [-0.25, -0.2) is 0 Å². The van der Waals surface area contributed by atoms with Crippen LogP contribution in [-0.2, 0) is 9.59 Å². The van der Waals surface area contributed by atoms with Gasteiger partial charge in [0.15, 0.2) is 0 Å². The predicted octanol–water partition coefficient (Wildman–Crippen LogP) is 4.79. The Morgan fingerprint density at radius 1 is 1.07 bits per heavy atom. The minimum atomic E-state index is -0.654. The van der Waals surface area contributed by atoms with E-state index < -0.39 is 17.7 Å². The number of halogens is 1. The molecule has 1 amide bonds. The molecule has 4 nitrogen and oxygen atoms in total. The molecule has 0 aromatic heterocycles. The Morgan fingerprint density at radius 3 is 2.33 bits per heavy atom. The lowest BCUT2D eigenvalue weighted by atomic mass is 9.94. The fraction of sp³-hybridized carbons (Fsp3) is 0.273. The zero-order valence-electron chi connectivity index (χ0n) is 15.6. The number of aliphatic hydroxyl groups is 1. The van der Waals surface area contributed by atoms with Crippen LogP contribution in [0, 0.1) is 13.8 Å². The molecule has 140 valence electrons. The first-order valence-electron chi connectivity index (χ1n) is 8.96. The first-order chi connectivity index (χ1) is 12.8. The highest BCUT2D eigenvalue weighted by Gasteiger charge is 2.45. The van der Waals surface area contributed by atoms with Crippen molar-refractivity contribution >= 4 is 29.1 Å². The molecule has 0 aliphatic carbocycles. The van der Waals surface area contributed by atoms with Crippen LogP contribution in [0.4, 0.5) is 0 Å². The van der Waals surface area contributed by atoms with E-state index in [1.807, 2.05) is 32.9 Å². The lowest BCUT2D eigenvalue weighted by molar-refractivity contribution is -0.139. The monoisotopic (exact) mass is 383 g/mol. The number of nitrogens with zero attached hydrogens (tertiary/aromatic N) is 1. The summed E-state index contributed by atoms with van der Waals surface area (Å²) in [6.07, 6.45) is 0.709. The van der Waals surface area contributed by atoms with Crippen LogP contribution in [0.3, 0.4) is 0 Å². The Bertz CT molecular complexity index is 931. The van der Waals surface area contributed by atoms with E-state index in [-0.39, 0.29) is 11.3 Å². The molecule has 2 aromatic carbocycles. The average Bonchev–Trinajstić information content (AvgIpc) is 2.89. The molecule has 0 radical (unpaired) electrons. The molecule has 1 aliphatic heterocycles. The molecule has 1 N–H and O–H groups in total. The van der Waals surface area contributed by atoms with Crippen LogP contribution >= 0.6 is 11.6 Å². The fourth-order valence-corrected chi connectivity index (χ4v) is 3.51. The summed E-state index contributed by atoms with van der Waals surface area (Å²) in [5.74, 6) is -1.38. The number of carbonyl (C=O) groups excluding carboxylic acids is 2. The van der Waals surface area contributed by atoms with Gasteiger partial charge in [0.25, 0.3) is 11.7 Å². The van der Waals surface area contributed by atoms with Gasteiger partial charge in [-0.15, -0.1) is 0 Å². The third kappa shape index (κ3) is 3.50. The van der Waals surface area contributed by atoms with Gasteiger partial charge in [0, 0.05) is 17.1 Å². The van der Waals surface area contributed by atoms with Gasteiger partial charge in [-0.3, -0.25) is 9.59 Å². The molecule has 0 bridgehead atoms. The number of amides is 1. The fourth-order valence-electron chi connectivity index (χ4n) is 3.39. The maximum absolute atomic E-state index is 12.8. The first-order valence-corrected chi connectivity index (χ1v) is 9.34. The van der Waals surface area contributed by atoms with E-state index in [0.717, 1.165) is 16.7 Å². The van der Waals surface area contributed by atoms with Crippen LogP contribution in [0.2, 0.25) is 5.02 Å². The number of hydrogen-bond acceptors (Lipinski definition) is 3. The van der Waals surface area contributed by atoms with Gasteiger partial charge in [0.1, 0.15) is 5.76 Å². The molecule has 0 spiro atoms. The van der Waals surface area contributed by atoms with Gasteiger partial charge < -0.3 is 10.0 Å². The maximum atomic E-state index is 12.8. The van der Waals surface area contributed by atoms with Crippen LogP contribution in [0.1, 0.15) is 41.6 Å². The summed E-state index contributed by atoms with van der Waals surface area (Å²) >= 11 is 5.99. The first kappa shape index (κ1) is 19.2. The normalized spacial score (nSPS) is 19.0. The van der Waals surface area contributed by atoms with Crippen molar-refractivity contribution in [1.82, 2.24) is 4.90 Å². The number of rotatable bonds is 4. The Kier molecular flexibility index (Phi) is 5.38. The van der Waals surface area contributed by atoms with Gasteiger partial charge >= 0.3 is 0 Å². The highest BCUT2D eigenvalue weighted by Crippen LogP contribution is 2.39. The lowest BCUT2D eigenvalue weighted by Crippen LogP contribution is -2.30. The molecule has 27 heavy (non-hydrogen) atoms. The Labute approximate surface area is 164 Å². The predicted molar refractivity (Wildman–Crippen MR) is 107 cm³/mol. The van der Waals surface area contributed by atoms with Crippen molar-refractivity contribution in [2.24, 2.45) is 0 Å². The molecule has 1 unspecified atom stereocenters. The second kappa shape index (κ2) is 7.57. The van der Waals surface area contributed by atoms with E-state index in [0.29, 0.717) is 23.6 Å². The molecule has 1 saturated heterocycles. The van der Waals surface area contributed by atoms with Gasteiger partial charge in [0.05, 0.1) is 11.6 Å². The van der Waals surface area contributed by atoms with Crippen molar-refractivity contribution in [2.75, 3.05) is 6.54 Å². The Morgan fingerprint density at radius 2 is 1.74 bits per heavy atom. The van der Waals surface area contributed by atoms with Gasteiger partial charge in [-0.05, 0) is 55.2 Å². The van der Waals surface area contributed by atoms with E-state index in [1.54, 1.807) is 30.3 Å². The molecule has 2 aromatic rings. The summed E-state index contributed by atoms with van der Waals surface area (Å²) < 4.78 is 0.